The van der Waals surface area contributed by atoms with Gasteiger partial charge in [0.25, 0.3) is 0 Å². The molecule has 0 radical (unpaired) electrons. The van der Waals surface area contributed by atoms with Crippen LogP contribution < -0.4 is 10.1 Å². The molecule has 1 aliphatic heterocycles. The summed E-state index contributed by atoms with van der Waals surface area (Å²) in [7, 11) is 1.67. The van der Waals surface area contributed by atoms with Crippen LogP contribution in [0.25, 0.3) is 10.1 Å². The summed E-state index contributed by atoms with van der Waals surface area (Å²) in [6.07, 6.45) is 0.379. The van der Waals surface area contributed by atoms with Crippen molar-refractivity contribution in [1.82, 2.24) is 10.2 Å². The largest absolute Gasteiger partial charge is 0.497 e. The van der Waals surface area contributed by atoms with Crippen molar-refractivity contribution in [3.8, 4) is 5.75 Å². The van der Waals surface area contributed by atoms with Gasteiger partial charge in [-0.2, -0.15) is 0 Å². The van der Waals surface area contributed by atoms with Gasteiger partial charge in [0.05, 0.1) is 13.2 Å². The Bertz CT molecular complexity index is 599. The van der Waals surface area contributed by atoms with E-state index >= 15 is 0 Å². The lowest BCUT2D eigenvalue weighted by atomic mass is 10.0. The summed E-state index contributed by atoms with van der Waals surface area (Å²) >= 11 is 1.68. The van der Waals surface area contributed by atoms with Crippen LogP contribution in [0.3, 0.4) is 0 Å². The number of thiophene rings is 1. The van der Waals surface area contributed by atoms with E-state index in [0.717, 1.165) is 55.8 Å². The highest BCUT2D eigenvalue weighted by atomic mass is 35.5. The summed E-state index contributed by atoms with van der Waals surface area (Å²) in [6.45, 7) is 5.20. The van der Waals surface area contributed by atoms with Gasteiger partial charge in [0.1, 0.15) is 5.75 Å². The maximum atomic E-state index is 10.5. The Labute approximate surface area is 141 Å². The number of hydrogen-bond donors (Lipinski definition) is 2. The van der Waals surface area contributed by atoms with Gasteiger partial charge in [0.2, 0.25) is 0 Å². The molecular formula is C16H23ClN2O2S. The van der Waals surface area contributed by atoms with E-state index in [-0.39, 0.29) is 12.4 Å². The zero-order valence-electron chi connectivity index (χ0n) is 12.7. The van der Waals surface area contributed by atoms with E-state index in [0.29, 0.717) is 0 Å². The summed E-state index contributed by atoms with van der Waals surface area (Å²) in [5.74, 6) is 0.844. The SMILES string of the molecule is COc1ccc2scc(C(O)CCN3CCNCC3)c2c1.Cl. The molecule has 1 unspecified atom stereocenters. The van der Waals surface area contributed by atoms with E-state index < -0.39 is 6.10 Å². The van der Waals surface area contributed by atoms with Gasteiger partial charge in [-0.1, -0.05) is 0 Å². The number of aliphatic hydroxyl groups is 1. The smallest absolute Gasteiger partial charge is 0.119 e. The molecule has 122 valence electrons. The summed E-state index contributed by atoms with van der Waals surface area (Å²) in [5.41, 5.74) is 1.03. The number of piperazine rings is 1. The van der Waals surface area contributed by atoms with Crippen molar-refractivity contribution in [1.29, 1.82) is 0 Å². The molecule has 0 aliphatic carbocycles. The molecule has 1 saturated heterocycles. The van der Waals surface area contributed by atoms with Crippen molar-refractivity contribution in [3.05, 3.63) is 29.1 Å². The van der Waals surface area contributed by atoms with Crippen molar-refractivity contribution in [2.75, 3.05) is 39.8 Å². The number of fused-ring (bicyclic) bond motifs is 1. The molecule has 6 heteroatoms. The second-order valence-corrected chi connectivity index (χ2v) is 6.36. The van der Waals surface area contributed by atoms with Crippen molar-refractivity contribution in [3.63, 3.8) is 0 Å². The third-order valence-electron chi connectivity index (χ3n) is 4.10. The first-order valence-corrected chi connectivity index (χ1v) is 8.32. The maximum Gasteiger partial charge on any atom is 0.119 e. The Balaban J connectivity index is 0.00000176. The number of ether oxygens (including phenoxy) is 1. The fraction of sp³-hybridized carbons (Fsp3) is 0.500. The first-order valence-electron chi connectivity index (χ1n) is 7.44. The number of rotatable bonds is 5. The van der Waals surface area contributed by atoms with Crippen LogP contribution >= 0.6 is 23.7 Å². The van der Waals surface area contributed by atoms with E-state index in [2.05, 4.69) is 21.7 Å². The molecule has 0 amide bonds. The minimum absolute atomic E-state index is 0. The number of aliphatic hydroxyl groups excluding tert-OH is 1. The van der Waals surface area contributed by atoms with Gasteiger partial charge in [-0.05, 0) is 35.6 Å². The third kappa shape index (κ3) is 3.91. The molecule has 1 aromatic heterocycles. The minimum atomic E-state index is -0.402. The zero-order chi connectivity index (χ0) is 14.7. The fourth-order valence-electron chi connectivity index (χ4n) is 2.81. The highest BCUT2D eigenvalue weighted by Gasteiger charge is 2.16. The van der Waals surface area contributed by atoms with Gasteiger partial charge < -0.3 is 20.1 Å². The minimum Gasteiger partial charge on any atom is -0.497 e. The monoisotopic (exact) mass is 342 g/mol. The Morgan fingerprint density at radius 3 is 2.86 bits per heavy atom. The van der Waals surface area contributed by atoms with Crippen LogP contribution in [0.1, 0.15) is 18.1 Å². The molecule has 4 nitrogen and oxygen atoms in total. The average Bonchev–Trinajstić information content (AvgIpc) is 2.96. The van der Waals surface area contributed by atoms with E-state index in [1.165, 1.54) is 4.70 Å². The first-order chi connectivity index (χ1) is 10.3. The summed E-state index contributed by atoms with van der Waals surface area (Å²) < 4.78 is 6.49. The van der Waals surface area contributed by atoms with E-state index in [9.17, 15) is 5.11 Å². The number of nitrogens with zero attached hydrogens (tertiary/aromatic N) is 1. The quantitative estimate of drug-likeness (QED) is 0.877. The Morgan fingerprint density at radius 2 is 2.14 bits per heavy atom. The summed E-state index contributed by atoms with van der Waals surface area (Å²) in [5, 5.41) is 17.1. The second-order valence-electron chi connectivity index (χ2n) is 5.45. The molecule has 0 bridgehead atoms. The highest BCUT2D eigenvalue weighted by Crippen LogP contribution is 2.34. The number of benzene rings is 1. The maximum absolute atomic E-state index is 10.5. The molecule has 3 rings (SSSR count). The number of methoxy groups -OCH3 is 1. The van der Waals surface area contributed by atoms with Crippen molar-refractivity contribution in [2.45, 2.75) is 12.5 Å². The molecule has 1 aromatic carbocycles. The highest BCUT2D eigenvalue weighted by molar-refractivity contribution is 7.17. The van der Waals surface area contributed by atoms with Crippen molar-refractivity contribution < 1.29 is 9.84 Å². The number of nitrogens with one attached hydrogen (secondary N) is 1. The molecule has 0 saturated carbocycles. The Morgan fingerprint density at radius 1 is 1.36 bits per heavy atom. The van der Waals surface area contributed by atoms with Crippen molar-refractivity contribution in [2.24, 2.45) is 0 Å². The van der Waals surface area contributed by atoms with Crippen molar-refractivity contribution >= 4 is 33.8 Å². The van der Waals surface area contributed by atoms with Crippen LogP contribution in [-0.2, 0) is 0 Å². The average molecular weight is 343 g/mol. The molecule has 0 spiro atoms. The molecule has 1 fully saturated rings. The molecule has 2 aromatic rings. The first kappa shape index (κ1) is 17.5. The number of hydrogen-bond acceptors (Lipinski definition) is 5. The predicted molar refractivity (Wildman–Crippen MR) is 94.5 cm³/mol. The molecule has 1 aliphatic rings. The Kier molecular flexibility index (Phi) is 6.47. The van der Waals surface area contributed by atoms with Crippen LogP contribution in [0.2, 0.25) is 0 Å². The lowest BCUT2D eigenvalue weighted by molar-refractivity contribution is 0.138. The van der Waals surface area contributed by atoms with Gasteiger partial charge in [-0.25, -0.2) is 0 Å². The fourth-order valence-corrected chi connectivity index (χ4v) is 3.80. The Hall–Kier alpha value is -0.850. The standard InChI is InChI=1S/C16H22N2O2S.ClH/c1-20-12-2-3-16-13(10-12)14(11-21-16)15(19)4-7-18-8-5-17-6-9-18;/h2-3,10-11,15,17,19H,4-9H2,1H3;1H. The van der Waals surface area contributed by atoms with E-state index in [1.807, 2.05) is 12.1 Å². The molecule has 1 atom stereocenters. The van der Waals surface area contributed by atoms with Crippen LogP contribution in [-0.4, -0.2) is 49.8 Å². The molecular weight excluding hydrogens is 320 g/mol. The molecule has 2 N–H and O–H groups in total. The van der Waals surface area contributed by atoms with Crippen LogP contribution in [0.15, 0.2) is 23.6 Å². The summed E-state index contributed by atoms with van der Waals surface area (Å²) in [6, 6.07) is 6.05. The third-order valence-corrected chi connectivity index (χ3v) is 5.08. The molecule has 2 heterocycles. The predicted octanol–water partition coefficient (Wildman–Crippen LogP) is 2.66. The van der Waals surface area contributed by atoms with E-state index in [4.69, 9.17) is 4.74 Å². The van der Waals surface area contributed by atoms with E-state index in [1.54, 1.807) is 18.4 Å². The normalized spacial score (nSPS) is 17.2. The van der Waals surface area contributed by atoms with Crippen LogP contribution in [0.4, 0.5) is 0 Å². The van der Waals surface area contributed by atoms with Crippen LogP contribution in [0, 0.1) is 0 Å². The van der Waals surface area contributed by atoms with Gasteiger partial charge in [0, 0.05) is 42.8 Å². The summed E-state index contributed by atoms with van der Waals surface area (Å²) in [4.78, 5) is 2.41. The zero-order valence-corrected chi connectivity index (χ0v) is 14.4. The van der Waals surface area contributed by atoms with Gasteiger partial charge in [-0.15, -0.1) is 23.7 Å². The van der Waals surface area contributed by atoms with Crippen LogP contribution in [0.5, 0.6) is 5.75 Å². The topological polar surface area (TPSA) is 44.7 Å². The lowest BCUT2D eigenvalue weighted by Crippen LogP contribution is -2.44. The number of halogens is 1. The second kappa shape index (κ2) is 8.13. The lowest BCUT2D eigenvalue weighted by Gasteiger charge is -2.27. The van der Waals surface area contributed by atoms with Gasteiger partial charge in [0.15, 0.2) is 0 Å². The van der Waals surface area contributed by atoms with Gasteiger partial charge >= 0.3 is 0 Å². The van der Waals surface area contributed by atoms with Gasteiger partial charge in [-0.3, -0.25) is 0 Å². The molecule has 22 heavy (non-hydrogen) atoms.